The van der Waals surface area contributed by atoms with E-state index in [-0.39, 0.29) is 22.3 Å². The molecule has 5 rings (SSSR count). The highest BCUT2D eigenvalue weighted by atomic mass is 19.4. The molecule has 6 nitrogen and oxygen atoms in total. The summed E-state index contributed by atoms with van der Waals surface area (Å²) in [6.45, 7) is 0. The summed E-state index contributed by atoms with van der Waals surface area (Å²) in [4.78, 5) is 31.5. The second-order valence-corrected chi connectivity index (χ2v) is 7.82. The number of aromatic amines is 1. The fourth-order valence-corrected chi connectivity index (χ4v) is 3.82. The molecule has 0 saturated heterocycles. The third-order valence-electron chi connectivity index (χ3n) is 5.50. The van der Waals surface area contributed by atoms with Crippen LogP contribution in [0.3, 0.4) is 0 Å². The van der Waals surface area contributed by atoms with E-state index in [2.05, 4.69) is 20.6 Å². The van der Waals surface area contributed by atoms with Gasteiger partial charge in [0.25, 0.3) is 11.5 Å². The molecule has 3 aromatic carbocycles. The quantitative estimate of drug-likeness (QED) is 0.275. The summed E-state index contributed by atoms with van der Waals surface area (Å²) < 4.78 is 40.1. The Bertz CT molecular complexity index is 1610. The number of amides is 1. The topological polar surface area (TPSA) is 86.9 Å². The van der Waals surface area contributed by atoms with E-state index in [9.17, 15) is 22.8 Å². The van der Waals surface area contributed by atoms with E-state index in [1.54, 1.807) is 54.6 Å². The van der Waals surface area contributed by atoms with Gasteiger partial charge < -0.3 is 15.6 Å². The van der Waals surface area contributed by atoms with Crippen LogP contribution in [0.1, 0.15) is 15.9 Å². The van der Waals surface area contributed by atoms with E-state index in [1.165, 1.54) is 6.20 Å². The van der Waals surface area contributed by atoms with Crippen molar-refractivity contribution in [3.05, 3.63) is 107 Å². The predicted octanol–water partition coefficient (Wildman–Crippen LogP) is 6.09. The average Bonchev–Trinajstić information content (AvgIpc) is 2.85. The maximum Gasteiger partial charge on any atom is 0.416 e. The molecular weight excluding hydrogens is 457 g/mol. The normalized spacial score (nSPS) is 11.5. The summed E-state index contributed by atoms with van der Waals surface area (Å²) in [7, 11) is 0. The zero-order chi connectivity index (χ0) is 24.6. The lowest BCUT2D eigenvalue weighted by Gasteiger charge is -2.13. The maximum atomic E-state index is 13.4. The highest BCUT2D eigenvalue weighted by Crippen LogP contribution is 2.35. The highest BCUT2D eigenvalue weighted by Gasteiger charge is 2.31. The molecule has 0 aliphatic carbocycles. The molecule has 9 heteroatoms. The zero-order valence-corrected chi connectivity index (χ0v) is 18.0. The molecule has 0 aliphatic heterocycles. The number of rotatable bonds is 4. The summed E-state index contributed by atoms with van der Waals surface area (Å²) in [5, 5.41) is 6.60. The van der Waals surface area contributed by atoms with Crippen molar-refractivity contribution in [2.24, 2.45) is 0 Å². The van der Waals surface area contributed by atoms with Crippen molar-refractivity contribution in [3.8, 4) is 0 Å². The SMILES string of the molecule is O=C(Nc1ccc(Nc2ccnc3[nH]c(=O)c4ccc(C(F)(F)F)cc4c23)cc1)c1ccccc1. The Kier molecular flexibility index (Phi) is 5.44. The molecule has 5 aromatic rings. The number of anilines is 3. The number of H-pyrrole nitrogens is 1. The van der Waals surface area contributed by atoms with Crippen LogP contribution in [0, 0.1) is 0 Å². The van der Waals surface area contributed by atoms with Gasteiger partial charge in [0.1, 0.15) is 5.65 Å². The van der Waals surface area contributed by atoms with Crippen molar-refractivity contribution in [1.29, 1.82) is 0 Å². The molecule has 0 saturated carbocycles. The van der Waals surface area contributed by atoms with Gasteiger partial charge in [0.2, 0.25) is 0 Å². The Morgan fingerprint density at radius 3 is 2.29 bits per heavy atom. The van der Waals surface area contributed by atoms with Gasteiger partial charge in [-0.3, -0.25) is 9.59 Å². The Morgan fingerprint density at radius 2 is 1.57 bits per heavy atom. The van der Waals surface area contributed by atoms with Gasteiger partial charge in [-0.25, -0.2) is 4.98 Å². The van der Waals surface area contributed by atoms with Crippen molar-refractivity contribution in [2.75, 3.05) is 10.6 Å². The van der Waals surface area contributed by atoms with Crippen LogP contribution in [0.4, 0.5) is 30.2 Å². The minimum atomic E-state index is -4.56. The van der Waals surface area contributed by atoms with E-state index in [4.69, 9.17) is 0 Å². The van der Waals surface area contributed by atoms with Gasteiger partial charge in [-0.2, -0.15) is 13.2 Å². The molecular formula is C26H17F3N4O2. The third kappa shape index (κ3) is 4.43. The Morgan fingerprint density at radius 1 is 0.857 bits per heavy atom. The first-order valence-corrected chi connectivity index (χ1v) is 10.5. The number of nitrogens with one attached hydrogen (secondary N) is 3. The predicted molar refractivity (Wildman–Crippen MR) is 129 cm³/mol. The van der Waals surface area contributed by atoms with Gasteiger partial charge in [-0.1, -0.05) is 18.2 Å². The lowest BCUT2D eigenvalue weighted by Crippen LogP contribution is -2.11. The molecule has 0 atom stereocenters. The number of halogens is 3. The molecule has 35 heavy (non-hydrogen) atoms. The van der Waals surface area contributed by atoms with Gasteiger partial charge >= 0.3 is 6.18 Å². The van der Waals surface area contributed by atoms with Crippen molar-refractivity contribution in [2.45, 2.75) is 6.18 Å². The second kappa shape index (κ2) is 8.60. The van der Waals surface area contributed by atoms with E-state index < -0.39 is 17.3 Å². The first kappa shape index (κ1) is 22.1. The molecule has 0 fully saturated rings. The summed E-state index contributed by atoms with van der Waals surface area (Å²) in [5.74, 6) is -0.248. The van der Waals surface area contributed by atoms with Crippen molar-refractivity contribution < 1.29 is 18.0 Å². The Balaban J connectivity index is 1.50. The smallest absolute Gasteiger partial charge is 0.355 e. The minimum absolute atomic E-state index is 0.125. The third-order valence-corrected chi connectivity index (χ3v) is 5.50. The number of carbonyl (C=O) groups excluding carboxylic acids is 1. The van der Waals surface area contributed by atoms with Gasteiger partial charge in [0, 0.05) is 39.3 Å². The molecule has 0 unspecified atom stereocenters. The van der Waals surface area contributed by atoms with Crippen LogP contribution in [-0.4, -0.2) is 15.9 Å². The van der Waals surface area contributed by atoms with Crippen LogP contribution >= 0.6 is 0 Å². The number of carbonyl (C=O) groups is 1. The highest BCUT2D eigenvalue weighted by molar-refractivity contribution is 6.11. The first-order chi connectivity index (χ1) is 16.8. The summed E-state index contributed by atoms with van der Waals surface area (Å²) >= 11 is 0. The number of fused-ring (bicyclic) bond motifs is 3. The van der Waals surface area contributed by atoms with Crippen LogP contribution in [-0.2, 0) is 6.18 Å². The number of aromatic nitrogens is 2. The van der Waals surface area contributed by atoms with Crippen molar-refractivity contribution in [1.82, 2.24) is 9.97 Å². The largest absolute Gasteiger partial charge is 0.416 e. The van der Waals surface area contributed by atoms with Gasteiger partial charge in [-0.15, -0.1) is 0 Å². The monoisotopic (exact) mass is 474 g/mol. The van der Waals surface area contributed by atoms with E-state index in [0.717, 1.165) is 18.2 Å². The van der Waals surface area contributed by atoms with E-state index in [1.807, 2.05) is 6.07 Å². The standard InChI is InChI=1S/C26H17F3N4O2/c27-26(28,29)16-6-11-19-20(14-16)22-21(12-13-30-23(22)33-25(19)35)31-17-7-9-18(10-8-17)32-24(34)15-4-2-1-3-5-15/h1-14H,(H,32,34)(H2,30,31,33,35). The number of hydrogen-bond acceptors (Lipinski definition) is 4. The molecule has 0 bridgehead atoms. The Labute approximate surface area is 196 Å². The second-order valence-electron chi connectivity index (χ2n) is 7.82. The fraction of sp³-hybridized carbons (Fsp3) is 0.0385. The summed E-state index contributed by atoms with van der Waals surface area (Å²) in [5.41, 5.74) is 0.983. The zero-order valence-electron chi connectivity index (χ0n) is 18.0. The lowest BCUT2D eigenvalue weighted by atomic mass is 10.0. The maximum absolute atomic E-state index is 13.4. The Hall–Kier alpha value is -4.66. The van der Waals surface area contributed by atoms with Crippen LogP contribution < -0.4 is 16.2 Å². The van der Waals surface area contributed by atoms with Crippen molar-refractivity contribution >= 4 is 44.8 Å². The number of pyridine rings is 2. The van der Waals surface area contributed by atoms with Gasteiger partial charge in [0.05, 0.1) is 11.3 Å². The molecule has 174 valence electrons. The summed E-state index contributed by atoms with van der Waals surface area (Å²) in [6, 6.07) is 20.3. The minimum Gasteiger partial charge on any atom is -0.355 e. The van der Waals surface area contributed by atoms with Crippen molar-refractivity contribution in [3.63, 3.8) is 0 Å². The summed E-state index contributed by atoms with van der Waals surface area (Å²) in [6.07, 6.45) is -3.10. The fourth-order valence-electron chi connectivity index (χ4n) is 3.82. The molecule has 0 aliphatic rings. The lowest BCUT2D eigenvalue weighted by molar-refractivity contribution is -0.137. The van der Waals surface area contributed by atoms with Crippen LogP contribution in [0.25, 0.3) is 21.8 Å². The number of benzene rings is 3. The number of alkyl halides is 3. The number of hydrogen-bond donors (Lipinski definition) is 3. The van der Waals surface area contributed by atoms with Gasteiger partial charge in [0.15, 0.2) is 0 Å². The van der Waals surface area contributed by atoms with Crippen LogP contribution in [0.5, 0.6) is 0 Å². The first-order valence-electron chi connectivity index (χ1n) is 10.5. The van der Waals surface area contributed by atoms with E-state index in [0.29, 0.717) is 28.0 Å². The molecule has 2 aromatic heterocycles. The molecule has 3 N–H and O–H groups in total. The molecule has 0 radical (unpaired) electrons. The molecule has 0 spiro atoms. The number of nitrogens with zero attached hydrogens (tertiary/aromatic N) is 1. The van der Waals surface area contributed by atoms with Crippen LogP contribution in [0.15, 0.2) is 89.9 Å². The van der Waals surface area contributed by atoms with Crippen LogP contribution in [0.2, 0.25) is 0 Å². The molecule has 1 amide bonds. The van der Waals surface area contributed by atoms with E-state index >= 15 is 0 Å². The van der Waals surface area contributed by atoms with Gasteiger partial charge in [-0.05, 0) is 60.7 Å². The molecule has 2 heterocycles. The average molecular weight is 474 g/mol.